The molecule has 1 fully saturated rings. The number of hydrogen-bond acceptors (Lipinski definition) is 7. The third-order valence-electron chi connectivity index (χ3n) is 6.70. The number of H-pyrrole nitrogens is 1. The molecule has 0 bridgehead atoms. The van der Waals surface area contributed by atoms with Crippen LogP contribution in [0.2, 0.25) is 10.0 Å². The summed E-state index contributed by atoms with van der Waals surface area (Å²) in [5.74, 6) is -2.42. The van der Waals surface area contributed by atoms with Gasteiger partial charge in [-0.15, -0.1) is 0 Å². The minimum Gasteiger partial charge on any atom is -0.483 e. The molecule has 3 atom stereocenters. The lowest BCUT2D eigenvalue weighted by Crippen LogP contribution is -2.32. The molecule has 3 heterocycles. The summed E-state index contributed by atoms with van der Waals surface area (Å²) in [6, 6.07) is 18.4. The number of ether oxygens (including phenoxy) is 1. The lowest BCUT2D eigenvalue weighted by atomic mass is 9.82. The Balaban J connectivity index is 1.36. The first-order valence-electron chi connectivity index (χ1n) is 12.2. The average molecular weight is 691 g/mol. The number of halogens is 3. The number of thioether (sulfide) groups is 1. The maximum Gasteiger partial charge on any atom is 0.305 e. The maximum atomic E-state index is 14.0. The van der Waals surface area contributed by atoms with Gasteiger partial charge in [-0.2, -0.15) is 0 Å². The van der Waals surface area contributed by atoms with E-state index in [9.17, 15) is 19.2 Å². The summed E-state index contributed by atoms with van der Waals surface area (Å²) in [6.45, 7) is -0.332. The van der Waals surface area contributed by atoms with Crippen LogP contribution in [0.1, 0.15) is 16.4 Å². The van der Waals surface area contributed by atoms with Crippen molar-refractivity contribution in [3.63, 3.8) is 0 Å². The van der Waals surface area contributed by atoms with E-state index < -0.39 is 28.9 Å². The van der Waals surface area contributed by atoms with Crippen molar-refractivity contribution >= 4 is 91.3 Å². The monoisotopic (exact) mass is 689 g/mol. The zero-order valence-electron chi connectivity index (χ0n) is 20.7. The number of rotatable bonds is 6. The minimum atomic E-state index is -0.834. The number of nitrogens with zero attached hydrogens (tertiary/aromatic N) is 1. The molecule has 2 N–H and O–H groups in total. The number of anilines is 2. The molecule has 1 saturated heterocycles. The zero-order chi connectivity index (χ0) is 28.8. The van der Waals surface area contributed by atoms with Crippen LogP contribution < -0.4 is 19.8 Å². The van der Waals surface area contributed by atoms with Gasteiger partial charge < -0.3 is 15.0 Å². The van der Waals surface area contributed by atoms with Gasteiger partial charge in [-0.1, -0.05) is 62.2 Å². The number of imide groups is 1. The van der Waals surface area contributed by atoms with Gasteiger partial charge in [0, 0.05) is 36.6 Å². The highest BCUT2D eigenvalue weighted by molar-refractivity contribution is 9.10. The van der Waals surface area contributed by atoms with Gasteiger partial charge in [0.25, 0.3) is 5.91 Å². The molecule has 0 saturated carbocycles. The van der Waals surface area contributed by atoms with Crippen LogP contribution >= 0.6 is 62.2 Å². The molecule has 0 radical (unpaired) electrons. The first-order valence-corrected chi connectivity index (χ1v) is 15.4. The predicted molar refractivity (Wildman–Crippen MR) is 164 cm³/mol. The standard InChI is InChI=1S/C28H18BrCl2N3O5S2/c29-13-1-8-17(9-2-13)34-26(36)22-21(23-25(33-28(38)41-23)40-24(22)27(34)37)18-11-15(31)5-10-19(18)39-12-20(35)32-16-6-3-14(30)4-7-16/h1-11,21-22,24H,12H2,(H,32,35)(H,33,38)/t21-,22?,24?/m1/s1. The maximum absolute atomic E-state index is 14.0. The lowest BCUT2D eigenvalue weighted by Gasteiger charge is -2.31. The van der Waals surface area contributed by atoms with E-state index in [-0.39, 0.29) is 17.4 Å². The Morgan fingerprint density at radius 3 is 2.41 bits per heavy atom. The highest BCUT2D eigenvalue weighted by Gasteiger charge is 2.56. The van der Waals surface area contributed by atoms with Gasteiger partial charge in [0.15, 0.2) is 6.61 Å². The molecule has 4 aromatic rings. The number of carbonyl (C=O) groups is 3. The number of aromatic amines is 1. The van der Waals surface area contributed by atoms with Crippen molar-refractivity contribution in [1.82, 2.24) is 4.98 Å². The highest BCUT2D eigenvalue weighted by Crippen LogP contribution is 2.54. The summed E-state index contributed by atoms with van der Waals surface area (Å²) in [6.07, 6.45) is 0. The molecular weight excluding hydrogens is 673 g/mol. The molecular formula is C28H18BrCl2N3O5S2. The second kappa shape index (κ2) is 11.3. The van der Waals surface area contributed by atoms with Gasteiger partial charge in [-0.3, -0.25) is 19.2 Å². The third-order valence-corrected chi connectivity index (χ3v) is 10.1. The van der Waals surface area contributed by atoms with Crippen molar-refractivity contribution in [2.24, 2.45) is 5.92 Å². The van der Waals surface area contributed by atoms with Gasteiger partial charge >= 0.3 is 4.87 Å². The van der Waals surface area contributed by atoms with E-state index >= 15 is 0 Å². The summed E-state index contributed by atoms with van der Waals surface area (Å²) >= 11 is 17.9. The number of nitrogens with one attached hydrogen (secondary N) is 2. The van der Waals surface area contributed by atoms with Crippen LogP contribution in [0.5, 0.6) is 5.75 Å². The first kappa shape index (κ1) is 28.0. The topological polar surface area (TPSA) is 109 Å². The van der Waals surface area contributed by atoms with Crippen LogP contribution in [-0.4, -0.2) is 34.6 Å². The molecule has 2 aliphatic heterocycles. The van der Waals surface area contributed by atoms with Crippen LogP contribution in [0.25, 0.3) is 0 Å². The molecule has 2 aliphatic rings. The molecule has 3 aromatic carbocycles. The summed E-state index contributed by atoms with van der Waals surface area (Å²) in [7, 11) is 0. The Kier molecular flexibility index (Phi) is 7.73. The smallest absolute Gasteiger partial charge is 0.305 e. The van der Waals surface area contributed by atoms with Crippen molar-refractivity contribution < 1.29 is 19.1 Å². The van der Waals surface area contributed by atoms with Crippen molar-refractivity contribution in [2.75, 3.05) is 16.8 Å². The number of thiazole rings is 1. The van der Waals surface area contributed by atoms with Crippen molar-refractivity contribution in [3.05, 3.63) is 101 Å². The lowest BCUT2D eigenvalue weighted by molar-refractivity contribution is -0.122. The SMILES string of the molecule is O=C(COc1ccc(Cl)cc1[C@H]1c2sc(=O)[nH]c2SC2C(=O)N(c3ccc(Br)cc3)C(=O)C21)Nc1ccc(Cl)cc1. The molecule has 208 valence electrons. The molecule has 0 aliphatic carbocycles. The number of carbonyl (C=O) groups excluding carboxylic acids is 3. The quantitative estimate of drug-likeness (QED) is 0.229. The fraction of sp³-hybridized carbons (Fsp3) is 0.143. The molecule has 8 nitrogen and oxygen atoms in total. The molecule has 13 heteroatoms. The summed E-state index contributed by atoms with van der Waals surface area (Å²) in [5.41, 5.74) is 1.51. The first-order chi connectivity index (χ1) is 19.7. The average Bonchev–Trinajstić information content (AvgIpc) is 3.44. The van der Waals surface area contributed by atoms with Crippen LogP contribution in [0.4, 0.5) is 11.4 Å². The van der Waals surface area contributed by atoms with Crippen LogP contribution in [-0.2, 0) is 14.4 Å². The Hall–Kier alpha value is -3.09. The number of benzene rings is 3. The van der Waals surface area contributed by atoms with Gasteiger partial charge in [0.05, 0.1) is 16.6 Å². The predicted octanol–water partition coefficient (Wildman–Crippen LogP) is 6.32. The van der Waals surface area contributed by atoms with Gasteiger partial charge in [0.1, 0.15) is 11.0 Å². The molecule has 0 spiro atoms. The van der Waals surface area contributed by atoms with Gasteiger partial charge in [0.2, 0.25) is 11.8 Å². The summed E-state index contributed by atoms with van der Waals surface area (Å²) < 4.78 is 6.77. The fourth-order valence-electron chi connectivity index (χ4n) is 4.96. The second-order valence-electron chi connectivity index (χ2n) is 9.26. The van der Waals surface area contributed by atoms with Crippen molar-refractivity contribution in [3.8, 4) is 5.75 Å². The van der Waals surface area contributed by atoms with Crippen molar-refractivity contribution in [1.29, 1.82) is 0 Å². The summed E-state index contributed by atoms with van der Waals surface area (Å²) in [5, 5.41) is 3.40. The van der Waals surface area contributed by atoms with Crippen LogP contribution in [0.3, 0.4) is 0 Å². The van der Waals surface area contributed by atoms with E-state index in [1.165, 1.54) is 16.7 Å². The number of hydrogen-bond donors (Lipinski definition) is 2. The third kappa shape index (κ3) is 5.44. The number of aromatic nitrogens is 1. The van der Waals surface area contributed by atoms with E-state index in [2.05, 4.69) is 26.2 Å². The van der Waals surface area contributed by atoms with Gasteiger partial charge in [-0.25, -0.2) is 4.90 Å². The molecule has 1 aromatic heterocycles. The molecule has 41 heavy (non-hydrogen) atoms. The normalized spacial score (nSPS) is 19.6. The number of fused-ring (bicyclic) bond motifs is 2. The van der Waals surface area contributed by atoms with Gasteiger partial charge in [-0.05, 0) is 66.7 Å². The fourth-order valence-corrected chi connectivity index (χ4v) is 8.04. The highest BCUT2D eigenvalue weighted by atomic mass is 79.9. The van der Waals surface area contributed by atoms with E-state index in [0.717, 1.165) is 15.8 Å². The van der Waals surface area contributed by atoms with Crippen LogP contribution in [0, 0.1) is 5.92 Å². The Labute approximate surface area is 260 Å². The summed E-state index contributed by atoms with van der Waals surface area (Å²) in [4.78, 5) is 57.1. The molecule has 3 amide bonds. The molecule has 2 unspecified atom stereocenters. The molecule has 6 rings (SSSR count). The van der Waals surface area contributed by atoms with E-state index in [4.69, 9.17) is 27.9 Å². The van der Waals surface area contributed by atoms with E-state index in [0.29, 0.717) is 42.6 Å². The van der Waals surface area contributed by atoms with E-state index in [1.54, 1.807) is 66.7 Å². The minimum absolute atomic E-state index is 0.302. The number of amides is 3. The Morgan fingerprint density at radius 1 is 0.976 bits per heavy atom. The van der Waals surface area contributed by atoms with E-state index in [1.807, 2.05) is 0 Å². The Bertz CT molecular complexity index is 1740. The Morgan fingerprint density at radius 2 is 1.68 bits per heavy atom. The van der Waals surface area contributed by atoms with Crippen LogP contribution in [0.15, 0.2) is 81.0 Å². The second-order valence-corrected chi connectivity index (χ2v) is 13.2. The van der Waals surface area contributed by atoms with Crippen molar-refractivity contribution in [2.45, 2.75) is 16.2 Å². The zero-order valence-corrected chi connectivity index (χ0v) is 25.5. The largest absolute Gasteiger partial charge is 0.483 e.